The molecule has 0 radical (unpaired) electrons. The lowest BCUT2D eigenvalue weighted by molar-refractivity contribution is -0.137. The van der Waals surface area contributed by atoms with Crippen molar-refractivity contribution in [1.82, 2.24) is 5.32 Å². The van der Waals surface area contributed by atoms with E-state index in [1.165, 1.54) is 24.3 Å². The minimum absolute atomic E-state index is 0.0118. The molecule has 0 aliphatic rings. The van der Waals surface area contributed by atoms with Gasteiger partial charge in [-0.2, -0.15) is 13.2 Å². The topological polar surface area (TPSA) is 79.5 Å². The lowest BCUT2D eigenvalue weighted by atomic mass is 10.1. The molecule has 0 spiro atoms. The van der Waals surface area contributed by atoms with Crippen molar-refractivity contribution in [2.45, 2.75) is 25.9 Å². The van der Waals surface area contributed by atoms with Crippen molar-refractivity contribution in [1.29, 1.82) is 0 Å². The molecule has 36 heavy (non-hydrogen) atoms. The highest BCUT2D eigenvalue weighted by Crippen LogP contribution is 2.30. The zero-order valence-corrected chi connectivity index (χ0v) is 20.1. The lowest BCUT2D eigenvalue weighted by Crippen LogP contribution is -2.34. The van der Waals surface area contributed by atoms with Crippen LogP contribution < -0.4 is 20.7 Å². The Morgan fingerprint density at radius 2 is 1.53 bits per heavy atom. The minimum atomic E-state index is -4.52. The number of carbonyl (C=O) groups excluding carboxylic acids is 2. The number of alkyl halides is 3. The number of carbonyl (C=O) groups is 2. The molecule has 0 bridgehead atoms. The maximum atomic E-state index is 12.9. The molecule has 2 amide bonds. The summed E-state index contributed by atoms with van der Waals surface area (Å²) in [6.45, 7) is 2.67. The van der Waals surface area contributed by atoms with E-state index in [0.717, 1.165) is 25.0 Å². The van der Waals surface area contributed by atoms with Crippen LogP contribution in [0.5, 0.6) is 5.75 Å². The van der Waals surface area contributed by atoms with Gasteiger partial charge in [-0.3, -0.25) is 14.9 Å². The number of ether oxygens (including phenoxy) is 1. The van der Waals surface area contributed by atoms with E-state index < -0.39 is 23.6 Å². The van der Waals surface area contributed by atoms with E-state index in [4.69, 9.17) is 17.0 Å². The SMILES string of the molecule is CCCCOc1ccc(C(=O)NC(=S)Nc2cccc(C(=O)Nc3cccc(C(F)(F)F)c3)c2)cc1. The summed E-state index contributed by atoms with van der Waals surface area (Å²) >= 11 is 5.20. The van der Waals surface area contributed by atoms with Crippen LogP contribution in [0.15, 0.2) is 72.8 Å². The molecular formula is C26H24F3N3O3S. The Morgan fingerprint density at radius 3 is 2.19 bits per heavy atom. The summed E-state index contributed by atoms with van der Waals surface area (Å²) < 4.78 is 44.3. The number of nitrogens with one attached hydrogen (secondary N) is 3. The van der Waals surface area contributed by atoms with Crippen molar-refractivity contribution in [3.05, 3.63) is 89.5 Å². The summed E-state index contributed by atoms with van der Waals surface area (Å²) in [6, 6.07) is 17.2. The predicted molar refractivity (Wildman–Crippen MR) is 136 cm³/mol. The zero-order valence-electron chi connectivity index (χ0n) is 19.3. The molecule has 0 saturated carbocycles. The maximum absolute atomic E-state index is 12.9. The Labute approximate surface area is 211 Å². The van der Waals surface area contributed by atoms with Gasteiger partial charge in [-0.25, -0.2) is 0 Å². The van der Waals surface area contributed by atoms with Gasteiger partial charge in [0.25, 0.3) is 11.8 Å². The van der Waals surface area contributed by atoms with Crippen LogP contribution in [0.25, 0.3) is 0 Å². The van der Waals surface area contributed by atoms with Crippen LogP contribution in [0.1, 0.15) is 46.0 Å². The van der Waals surface area contributed by atoms with E-state index >= 15 is 0 Å². The number of hydrogen-bond donors (Lipinski definition) is 3. The first-order chi connectivity index (χ1) is 17.2. The number of hydrogen-bond acceptors (Lipinski definition) is 4. The van der Waals surface area contributed by atoms with E-state index in [1.54, 1.807) is 36.4 Å². The summed E-state index contributed by atoms with van der Waals surface area (Å²) in [5.74, 6) is -0.360. The number of unbranched alkanes of at least 4 members (excludes halogenated alkanes) is 1. The third-order valence-electron chi connectivity index (χ3n) is 4.94. The van der Waals surface area contributed by atoms with Gasteiger partial charge in [0, 0.05) is 22.5 Å². The first-order valence-corrected chi connectivity index (χ1v) is 11.5. The second kappa shape index (κ2) is 12.2. The summed E-state index contributed by atoms with van der Waals surface area (Å²) in [6.07, 6.45) is -2.56. The number of benzene rings is 3. The normalized spacial score (nSPS) is 10.9. The molecule has 188 valence electrons. The monoisotopic (exact) mass is 515 g/mol. The number of halogens is 3. The van der Waals surface area contributed by atoms with Crippen molar-refractivity contribution < 1.29 is 27.5 Å². The smallest absolute Gasteiger partial charge is 0.416 e. The summed E-state index contributed by atoms with van der Waals surface area (Å²) in [7, 11) is 0. The highest BCUT2D eigenvalue weighted by molar-refractivity contribution is 7.80. The average Bonchev–Trinajstić information content (AvgIpc) is 2.84. The molecule has 0 aliphatic heterocycles. The van der Waals surface area contributed by atoms with Gasteiger partial charge in [0.05, 0.1) is 12.2 Å². The van der Waals surface area contributed by atoms with Gasteiger partial charge < -0.3 is 15.4 Å². The summed E-state index contributed by atoms with van der Waals surface area (Å²) in [5, 5.41) is 7.84. The molecule has 0 heterocycles. The molecule has 0 atom stereocenters. The molecule has 3 aromatic rings. The van der Waals surface area contributed by atoms with Gasteiger partial charge in [-0.1, -0.05) is 25.5 Å². The Balaban J connectivity index is 1.58. The van der Waals surface area contributed by atoms with Crippen LogP contribution >= 0.6 is 12.2 Å². The number of thiocarbonyl (C=S) groups is 1. The summed E-state index contributed by atoms with van der Waals surface area (Å²) in [4.78, 5) is 25.0. The Bertz CT molecular complexity index is 1230. The Kier molecular flexibility index (Phi) is 9.02. The minimum Gasteiger partial charge on any atom is -0.494 e. The third-order valence-corrected chi connectivity index (χ3v) is 5.14. The van der Waals surface area contributed by atoms with Crippen molar-refractivity contribution >= 4 is 40.5 Å². The molecule has 0 fully saturated rings. The highest BCUT2D eigenvalue weighted by atomic mass is 32.1. The lowest BCUT2D eigenvalue weighted by Gasteiger charge is -2.12. The van der Waals surface area contributed by atoms with Gasteiger partial charge in [0.1, 0.15) is 5.75 Å². The Morgan fingerprint density at radius 1 is 0.861 bits per heavy atom. The van der Waals surface area contributed by atoms with Crippen LogP contribution in [-0.4, -0.2) is 23.5 Å². The quantitative estimate of drug-likeness (QED) is 0.244. The van der Waals surface area contributed by atoms with Crippen LogP contribution in [0.3, 0.4) is 0 Å². The maximum Gasteiger partial charge on any atom is 0.416 e. The van der Waals surface area contributed by atoms with E-state index in [2.05, 4.69) is 22.9 Å². The molecule has 3 N–H and O–H groups in total. The third kappa shape index (κ3) is 7.81. The molecule has 6 nitrogen and oxygen atoms in total. The van der Waals surface area contributed by atoms with E-state index in [0.29, 0.717) is 23.6 Å². The largest absolute Gasteiger partial charge is 0.494 e. The first kappa shape index (κ1) is 26.7. The average molecular weight is 516 g/mol. The standard InChI is InChI=1S/C26H24F3N3O3S/c1-2-3-14-35-22-12-10-17(11-13-22)23(33)32-25(36)31-20-8-4-6-18(15-20)24(34)30-21-9-5-7-19(16-21)26(27,28)29/h4-13,15-16H,2-3,14H2,1H3,(H,30,34)(H2,31,32,33,36). The van der Waals surface area contributed by atoms with Crippen LogP contribution in [0, 0.1) is 0 Å². The van der Waals surface area contributed by atoms with Crippen molar-refractivity contribution in [3.8, 4) is 5.75 Å². The molecule has 0 unspecified atom stereocenters. The van der Waals surface area contributed by atoms with Gasteiger partial charge in [0.15, 0.2) is 5.11 Å². The predicted octanol–water partition coefficient (Wildman–Crippen LogP) is 6.26. The highest BCUT2D eigenvalue weighted by Gasteiger charge is 2.30. The molecule has 0 saturated heterocycles. The van der Waals surface area contributed by atoms with E-state index in [1.807, 2.05) is 0 Å². The second-order valence-electron chi connectivity index (χ2n) is 7.75. The van der Waals surface area contributed by atoms with Gasteiger partial charge in [-0.15, -0.1) is 0 Å². The van der Waals surface area contributed by atoms with Crippen molar-refractivity contribution in [2.24, 2.45) is 0 Å². The fourth-order valence-corrected chi connectivity index (χ4v) is 3.30. The molecule has 10 heteroatoms. The fraction of sp³-hybridized carbons (Fsp3) is 0.192. The van der Waals surface area contributed by atoms with Crippen LogP contribution in [0.4, 0.5) is 24.5 Å². The molecule has 3 aromatic carbocycles. The molecular weight excluding hydrogens is 491 g/mol. The van der Waals surface area contributed by atoms with E-state index in [9.17, 15) is 22.8 Å². The van der Waals surface area contributed by atoms with Gasteiger partial charge >= 0.3 is 6.18 Å². The molecule has 0 aromatic heterocycles. The zero-order chi connectivity index (χ0) is 26.1. The first-order valence-electron chi connectivity index (χ1n) is 11.1. The summed E-state index contributed by atoms with van der Waals surface area (Å²) in [5.41, 5.74) is 0.131. The fourth-order valence-electron chi connectivity index (χ4n) is 3.09. The number of anilines is 2. The van der Waals surface area contributed by atoms with Gasteiger partial charge in [-0.05, 0) is 79.3 Å². The van der Waals surface area contributed by atoms with Gasteiger partial charge in [0.2, 0.25) is 0 Å². The van der Waals surface area contributed by atoms with Crippen molar-refractivity contribution in [3.63, 3.8) is 0 Å². The molecule has 0 aliphatic carbocycles. The second-order valence-corrected chi connectivity index (χ2v) is 8.16. The Hall–Kier alpha value is -3.92. The van der Waals surface area contributed by atoms with Crippen LogP contribution in [-0.2, 0) is 6.18 Å². The molecule has 3 rings (SSSR count). The van der Waals surface area contributed by atoms with E-state index in [-0.39, 0.29) is 16.4 Å². The van der Waals surface area contributed by atoms with Crippen molar-refractivity contribution in [2.75, 3.05) is 17.2 Å². The number of amides is 2. The van der Waals surface area contributed by atoms with Crippen LogP contribution in [0.2, 0.25) is 0 Å². The number of rotatable bonds is 8.